The van der Waals surface area contributed by atoms with Gasteiger partial charge in [0.25, 0.3) is 0 Å². The van der Waals surface area contributed by atoms with E-state index >= 15 is 0 Å². The van der Waals surface area contributed by atoms with E-state index in [1.807, 2.05) is 86.6 Å². The molecular formula is C31H31BrO4. The summed E-state index contributed by atoms with van der Waals surface area (Å²) in [5, 5.41) is 9.91. The largest absolute Gasteiger partial charge is 0.491 e. The lowest BCUT2D eigenvalue weighted by Crippen LogP contribution is -2.05. The fourth-order valence-electron chi connectivity index (χ4n) is 3.66. The fraction of sp³-hybridized carbons (Fsp3) is 0.194. The summed E-state index contributed by atoms with van der Waals surface area (Å²) in [5.74, 6) is 0.467. The highest BCUT2D eigenvalue weighted by atomic mass is 79.9. The van der Waals surface area contributed by atoms with Crippen molar-refractivity contribution in [3.05, 3.63) is 125 Å². The van der Waals surface area contributed by atoms with Crippen LogP contribution >= 0.6 is 15.9 Å². The van der Waals surface area contributed by atoms with Gasteiger partial charge in [-0.15, -0.1) is 0 Å². The van der Waals surface area contributed by atoms with Gasteiger partial charge >= 0.3 is 5.97 Å². The van der Waals surface area contributed by atoms with Crippen molar-refractivity contribution in [2.45, 2.75) is 25.8 Å². The van der Waals surface area contributed by atoms with E-state index in [1.54, 1.807) is 12.1 Å². The summed E-state index contributed by atoms with van der Waals surface area (Å²) >= 11 is 3.36. The van der Waals surface area contributed by atoms with Gasteiger partial charge in [-0.1, -0.05) is 88.7 Å². The Hall–Kier alpha value is -3.41. The molecule has 36 heavy (non-hydrogen) atoms. The molecule has 0 aromatic heterocycles. The molecule has 0 heterocycles. The smallest absolute Gasteiger partial charge is 0.338 e. The van der Waals surface area contributed by atoms with Gasteiger partial charge < -0.3 is 14.6 Å². The van der Waals surface area contributed by atoms with Crippen molar-refractivity contribution in [3.8, 4) is 16.9 Å². The maximum Gasteiger partial charge on any atom is 0.338 e. The van der Waals surface area contributed by atoms with Gasteiger partial charge in [0.1, 0.15) is 19.0 Å². The first-order chi connectivity index (χ1) is 17.5. The monoisotopic (exact) mass is 546 g/mol. The number of alkyl halides is 1. The average molecular weight is 547 g/mol. The lowest BCUT2D eigenvalue weighted by Gasteiger charge is -2.14. The Morgan fingerprint density at radius 2 is 1.33 bits per heavy atom. The number of aliphatic hydroxyl groups excluding tert-OH is 1. The number of aryl methyl sites for hydroxylation is 2. The fourth-order valence-corrected chi connectivity index (χ4v) is 4.04. The van der Waals surface area contributed by atoms with E-state index in [1.165, 1.54) is 5.56 Å². The number of aliphatic hydroxyl groups is 1. The Kier molecular flexibility index (Phi) is 10.7. The number of hydrogen-bond donors (Lipinski definition) is 1. The zero-order chi connectivity index (χ0) is 25.8. The molecule has 0 atom stereocenters. The van der Waals surface area contributed by atoms with E-state index in [4.69, 9.17) is 14.6 Å². The SMILES string of the molecule is BrCc1ccccc1.Cc1cc(-c2ccc(C(=O)OCc3ccccc3)cc2)cc(C)c1OCCO. The molecule has 0 aliphatic carbocycles. The van der Waals surface area contributed by atoms with Crippen molar-refractivity contribution >= 4 is 21.9 Å². The molecule has 1 N–H and O–H groups in total. The van der Waals surface area contributed by atoms with Crippen LogP contribution in [0.5, 0.6) is 5.75 Å². The third-order valence-corrected chi connectivity index (χ3v) is 6.11. The predicted octanol–water partition coefficient (Wildman–Crippen LogP) is 7.28. The third kappa shape index (κ3) is 8.08. The number of hydrogen-bond acceptors (Lipinski definition) is 4. The molecule has 4 aromatic rings. The lowest BCUT2D eigenvalue weighted by atomic mass is 9.99. The molecule has 0 saturated carbocycles. The third-order valence-electron chi connectivity index (χ3n) is 5.46. The number of halogens is 1. The van der Waals surface area contributed by atoms with Gasteiger partial charge in [0.05, 0.1) is 12.2 Å². The number of carbonyl (C=O) groups excluding carboxylic acids is 1. The summed E-state index contributed by atoms with van der Waals surface area (Å²) < 4.78 is 11.0. The Bertz CT molecular complexity index is 1200. The second-order valence-electron chi connectivity index (χ2n) is 8.27. The van der Waals surface area contributed by atoms with Crippen molar-refractivity contribution in [2.75, 3.05) is 13.2 Å². The molecule has 5 heteroatoms. The highest BCUT2D eigenvalue weighted by Crippen LogP contribution is 2.30. The maximum absolute atomic E-state index is 12.3. The normalized spacial score (nSPS) is 10.2. The van der Waals surface area contributed by atoms with Crippen molar-refractivity contribution in [3.63, 3.8) is 0 Å². The first kappa shape index (κ1) is 27.2. The van der Waals surface area contributed by atoms with Gasteiger partial charge in [0, 0.05) is 5.33 Å². The summed E-state index contributed by atoms with van der Waals surface area (Å²) in [5.41, 5.74) is 6.89. The van der Waals surface area contributed by atoms with E-state index in [0.29, 0.717) is 5.56 Å². The minimum atomic E-state index is -0.337. The molecule has 4 aromatic carbocycles. The summed E-state index contributed by atoms with van der Waals surface area (Å²) in [6, 6.07) is 31.4. The molecule has 0 bridgehead atoms. The van der Waals surface area contributed by atoms with Gasteiger partial charge in [-0.3, -0.25) is 0 Å². The van der Waals surface area contributed by atoms with Gasteiger partial charge in [-0.05, 0) is 71.5 Å². The average Bonchev–Trinajstić information content (AvgIpc) is 2.92. The van der Waals surface area contributed by atoms with Crippen molar-refractivity contribution in [2.24, 2.45) is 0 Å². The predicted molar refractivity (Wildman–Crippen MR) is 149 cm³/mol. The first-order valence-corrected chi connectivity index (χ1v) is 12.9. The highest BCUT2D eigenvalue weighted by molar-refractivity contribution is 9.08. The van der Waals surface area contributed by atoms with Crippen LogP contribution < -0.4 is 4.74 Å². The van der Waals surface area contributed by atoms with E-state index in [0.717, 1.165) is 38.9 Å². The minimum Gasteiger partial charge on any atom is -0.491 e. The molecule has 0 radical (unpaired) electrons. The lowest BCUT2D eigenvalue weighted by molar-refractivity contribution is 0.0472. The summed E-state index contributed by atoms with van der Waals surface area (Å²) in [6.45, 7) is 4.50. The molecule has 0 saturated heterocycles. The van der Waals surface area contributed by atoms with E-state index in [2.05, 4.69) is 28.1 Å². The number of esters is 1. The molecule has 4 rings (SSSR count). The van der Waals surface area contributed by atoms with Crippen molar-refractivity contribution in [1.29, 1.82) is 0 Å². The van der Waals surface area contributed by atoms with Gasteiger partial charge in [0.2, 0.25) is 0 Å². The van der Waals surface area contributed by atoms with Crippen LogP contribution in [-0.2, 0) is 16.7 Å². The minimum absolute atomic E-state index is 0.0114. The Balaban J connectivity index is 0.000000383. The highest BCUT2D eigenvalue weighted by Gasteiger charge is 2.10. The number of carbonyl (C=O) groups is 1. The number of rotatable bonds is 8. The molecule has 4 nitrogen and oxygen atoms in total. The van der Waals surface area contributed by atoms with Crippen LogP contribution in [0.4, 0.5) is 0 Å². The Morgan fingerprint density at radius 3 is 1.83 bits per heavy atom. The van der Waals surface area contributed by atoms with Crippen LogP contribution in [-0.4, -0.2) is 24.3 Å². The van der Waals surface area contributed by atoms with Crippen LogP contribution in [0.1, 0.15) is 32.6 Å². The van der Waals surface area contributed by atoms with E-state index in [9.17, 15) is 4.79 Å². The van der Waals surface area contributed by atoms with Crippen LogP contribution in [0, 0.1) is 13.8 Å². The van der Waals surface area contributed by atoms with Crippen LogP contribution in [0.25, 0.3) is 11.1 Å². The Morgan fingerprint density at radius 1 is 0.778 bits per heavy atom. The standard InChI is InChI=1S/C24H24O4.C7H7Br/c1-17-14-22(15-18(2)23(17)27-13-12-25)20-8-10-21(11-9-20)24(26)28-16-19-6-4-3-5-7-19;8-6-7-4-2-1-3-5-7/h3-11,14-15,25H,12-13,16H2,1-2H3;1-5H,6H2. The molecule has 0 aliphatic rings. The van der Waals surface area contributed by atoms with Gasteiger partial charge in [0.15, 0.2) is 0 Å². The van der Waals surface area contributed by atoms with Crippen LogP contribution in [0.15, 0.2) is 97.1 Å². The quantitative estimate of drug-likeness (QED) is 0.186. The molecule has 0 spiro atoms. The van der Waals surface area contributed by atoms with Crippen molar-refractivity contribution in [1.82, 2.24) is 0 Å². The van der Waals surface area contributed by atoms with E-state index < -0.39 is 0 Å². The first-order valence-electron chi connectivity index (χ1n) is 11.8. The molecule has 0 aliphatic heterocycles. The number of benzene rings is 4. The maximum atomic E-state index is 12.3. The van der Waals surface area contributed by atoms with Crippen molar-refractivity contribution < 1.29 is 19.4 Å². The van der Waals surface area contributed by atoms with Gasteiger partial charge in [-0.2, -0.15) is 0 Å². The van der Waals surface area contributed by atoms with Crippen LogP contribution in [0.2, 0.25) is 0 Å². The topological polar surface area (TPSA) is 55.8 Å². The Labute approximate surface area is 221 Å². The summed E-state index contributed by atoms with van der Waals surface area (Å²) in [4.78, 5) is 12.3. The number of ether oxygens (including phenoxy) is 2. The second kappa shape index (κ2) is 14.2. The van der Waals surface area contributed by atoms with Crippen LogP contribution in [0.3, 0.4) is 0 Å². The zero-order valence-electron chi connectivity index (χ0n) is 20.6. The summed E-state index contributed by atoms with van der Waals surface area (Å²) in [6.07, 6.45) is 0. The van der Waals surface area contributed by atoms with E-state index in [-0.39, 0.29) is 25.8 Å². The molecule has 186 valence electrons. The van der Waals surface area contributed by atoms with Gasteiger partial charge in [-0.25, -0.2) is 4.79 Å². The summed E-state index contributed by atoms with van der Waals surface area (Å²) in [7, 11) is 0. The molecular weight excluding hydrogens is 516 g/mol. The molecule has 0 amide bonds. The molecule has 0 fully saturated rings. The second-order valence-corrected chi connectivity index (χ2v) is 8.83. The zero-order valence-corrected chi connectivity index (χ0v) is 22.2. The molecule has 0 unspecified atom stereocenters.